The molecule has 6 nitrogen and oxygen atoms in total. The fourth-order valence-electron chi connectivity index (χ4n) is 3.29. The van der Waals surface area contributed by atoms with Crippen molar-refractivity contribution in [3.63, 3.8) is 0 Å². The fourth-order valence-corrected chi connectivity index (χ4v) is 3.29. The van der Waals surface area contributed by atoms with E-state index in [1.807, 2.05) is 45.0 Å². The van der Waals surface area contributed by atoms with Crippen LogP contribution in [0.2, 0.25) is 0 Å². The summed E-state index contributed by atoms with van der Waals surface area (Å²) in [6, 6.07) is 7.05. The molecule has 0 saturated carbocycles. The molecule has 1 aliphatic heterocycles. The molecule has 0 radical (unpaired) electrons. The summed E-state index contributed by atoms with van der Waals surface area (Å²) in [6.45, 7) is 10.2. The van der Waals surface area contributed by atoms with Gasteiger partial charge < -0.3 is 10.2 Å². The average molecular weight is 373 g/mol. The van der Waals surface area contributed by atoms with Gasteiger partial charge in [0.05, 0.1) is 0 Å². The molecule has 0 bridgehead atoms. The van der Waals surface area contributed by atoms with Crippen LogP contribution in [-0.2, 0) is 15.1 Å². The summed E-state index contributed by atoms with van der Waals surface area (Å²) in [7, 11) is 0. The molecule has 2 rings (SSSR count). The zero-order valence-electron chi connectivity index (χ0n) is 17.0. The van der Waals surface area contributed by atoms with E-state index in [1.54, 1.807) is 11.8 Å². The number of hydrogen-bond acceptors (Lipinski definition) is 3. The summed E-state index contributed by atoms with van der Waals surface area (Å²) in [5.41, 5.74) is 0.646. The third kappa shape index (κ3) is 4.31. The van der Waals surface area contributed by atoms with Crippen molar-refractivity contribution in [3.8, 4) is 0 Å². The highest BCUT2D eigenvalue weighted by Crippen LogP contribution is 2.29. The molecule has 2 atom stereocenters. The number of imide groups is 1. The molecule has 1 fully saturated rings. The van der Waals surface area contributed by atoms with Crippen LogP contribution in [0.4, 0.5) is 4.79 Å². The Morgan fingerprint density at radius 3 is 2.41 bits per heavy atom. The number of aryl methyl sites for hydroxylation is 1. The largest absolute Gasteiger partial charge is 0.338 e. The Balaban J connectivity index is 2.18. The van der Waals surface area contributed by atoms with Gasteiger partial charge >= 0.3 is 6.03 Å². The summed E-state index contributed by atoms with van der Waals surface area (Å²) in [5.74, 6) is -0.571. The third-order valence-electron chi connectivity index (χ3n) is 5.39. The Bertz CT molecular complexity index is 701. The minimum Gasteiger partial charge on any atom is -0.338 e. The van der Waals surface area contributed by atoms with Crippen LogP contribution in [0.25, 0.3) is 0 Å². The lowest BCUT2D eigenvalue weighted by atomic mass is 9.91. The van der Waals surface area contributed by atoms with E-state index in [1.165, 1.54) is 0 Å². The number of carbonyl (C=O) groups is 3. The number of benzene rings is 1. The summed E-state index contributed by atoms with van der Waals surface area (Å²) in [6.07, 6.45) is 2.71. The lowest BCUT2D eigenvalue weighted by Gasteiger charge is -2.30. The van der Waals surface area contributed by atoms with Crippen LogP contribution in [0.3, 0.4) is 0 Å². The maximum absolute atomic E-state index is 13.0. The zero-order valence-corrected chi connectivity index (χ0v) is 17.0. The topological polar surface area (TPSA) is 69.7 Å². The molecule has 1 saturated heterocycles. The Morgan fingerprint density at radius 2 is 1.85 bits per heavy atom. The maximum Gasteiger partial charge on any atom is 0.325 e. The van der Waals surface area contributed by atoms with Gasteiger partial charge in [0.15, 0.2) is 0 Å². The first-order valence-corrected chi connectivity index (χ1v) is 9.75. The predicted octanol–water partition coefficient (Wildman–Crippen LogP) is 3.19. The lowest BCUT2D eigenvalue weighted by molar-refractivity contribution is -0.140. The Kier molecular flexibility index (Phi) is 6.63. The molecular formula is C21H31N3O3. The summed E-state index contributed by atoms with van der Waals surface area (Å²) >= 11 is 0. The average Bonchev–Trinajstić information content (AvgIpc) is 2.86. The Morgan fingerprint density at radius 1 is 1.22 bits per heavy atom. The van der Waals surface area contributed by atoms with Crippen molar-refractivity contribution in [1.82, 2.24) is 15.1 Å². The molecule has 4 amide bonds. The number of hydrogen-bond donors (Lipinski definition) is 1. The Labute approximate surface area is 161 Å². The molecule has 0 spiro atoms. The van der Waals surface area contributed by atoms with Gasteiger partial charge in [-0.2, -0.15) is 0 Å². The number of nitrogens with one attached hydrogen (secondary N) is 1. The molecule has 1 aromatic carbocycles. The van der Waals surface area contributed by atoms with Crippen LogP contribution in [-0.4, -0.2) is 46.8 Å². The summed E-state index contributed by atoms with van der Waals surface area (Å²) in [5, 5.41) is 2.76. The SMILES string of the molecule is CCCCN(C(=O)CN1C(=O)N[C@](C)(c2ccc(C)cc2)C1=O)[C@@H](C)CC. The highest BCUT2D eigenvalue weighted by Gasteiger charge is 2.49. The van der Waals surface area contributed by atoms with Crippen molar-refractivity contribution in [2.75, 3.05) is 13.1 Å². The van der Waals surface area contributed by atoms with Crippen LogP contribution in [0.15, 0.2) is 24.3 Å². The molecule has 148 valence electrons. The maximum atomic E-state index is 13.0. The number of urea groups is 1. The van der Waals surface area contributed by atoms with Crippen LogP contribution >= 0.6 is 0 Å². The summed E-state index contributed by atoms with van der Waals surface area (Å²) < 4.78 is 0. The first kappa shape index (κ1) is 20.9. The second-order valence-corrected chi connectivity index (χ2v) is 7.51. The van der Waals surface area contributed by atoms with Crippen molar-refractivity contribution in [3.05, 3.63) is 35.4 Å². The molecule has 1 heterocycles. The van der Waals surface area contributed by atoms with E-state index in [2.05, 4.69) is 12.2 Å². The number of amides is 4. The molecule has 27 heavy (non-hydrogen) atoms. The third-order valence-corrected chi connectivity index (χ3v) is 5.39. The zero-order chi connectivity index (χ0) is 20.2. The molecule has 1 aliphatic rings. The quantitative estimate of drug-likeness (QED) is 0.712. The first-order valence-electron chi connectivity index (χ1n) is 9.75. The minimum atomic E-state index is -1.14. The molecular weight excluding hydrogens is 342 g/mol. The fraction of sp³-hybridized carbons (Fsp3) is 0.571. The van der Waals surface area contributed by atoms with E-state index in [4.69, 9.17) is 0 Å². The predicted molar refractivity (Wildman–Crippen MR) is 105 cm³/mol. The number of carbonyl (C=O) groups excluding carboxylic acids is 3. The molecule has 0 unspecified atom stereocenters. The second kappa shape index (κ2) is 8.55. The van der Waals surface area contributed by atoms with Crippen LogP contribution in [0, 0.1) is 6.92 Å². The normalized spacial score (nSPS) is 20.6. The molecule has 1 aromatic rings. The molecule has 1 N–H and O–H groups in total. The van der Waals surface area contributed by atoms with Crippen LogP contribution in [0.1, 0.15) is 58.1 Å². The second-order valence-electron chi connectivity index (χ2n) is 7.51. The highest BCUT2D eigenvalue weighted by atomic mass is 16.2. The van der Waals surface area contributed by atoms with Crippen molar-refractivity contribution >= 4 is 17.8 Å². The molecule has 0 aromatic heterocycles. The van der Waals surface area contributed by atoms with Gasteiger partial charge in [-0.3, -0.25) is 14.5 Å². The van der Waals surface area contributed by atoms with E-state index in [0.717, 1.165) is 29.7 Å². The molecule has 6 heteroatoms. The smallest absolute Gasteiger partial charge is 0.325 e. The van der Waals surface area contributed by atoms with Crippen molar-refractivity contribution < 1.29 is 14.4 Å². The van der Waals surface area contributed by atoms with Gasteiger partial charge in [0.1, 0.15) is 12.1 Å². The van der Waals surface area contributed by atoms with E-state index >= 15 is 0 Å². The van der Waals surface area contributed by atoms with Crippen LogP contribution in [0.5, 0.6) is 0 Å². The van der Waals surface area contributed by atoms with E-state index in [-0.39, 0.29) is 24.4 Å². The van der Waals surface area contributed by atoms with Gasteiger partial charge in [-0.15, -0.1) is 0 Å². The molecule has 0 aliphatic carbocycles. The first-order chi connectivity index (χ1) is 12.7. The van der Waals surface area contributed by atoms with E-state index < -0.39 is 11.6 Å². The number of unbranched alkanes of at least 4 members (excludes halogenated alkanes) is 1. The van der Waals surface area contributed by atoms with Gasteiger partial charge in [0.25, 0.3) is 5.91 Å². The lowest BCUT2D eigenvalue weighted by Crippen LogP contribution is -2.47. The monoisotopic (exact) mass is 373 g/mol. The van der Waals surface area contributed by atoms with Crippen molar-refractivity contribution in [2.24, 2.45) is 0 Å². The minimum absolute atomic E-state index is 0.0771. The summed E-state index contributed by atoms with van der Waals surface area (Å²) in [4.78, 5) is 41.2. The van der Waals surface area contributed by atoms with Crippen molar-refractivity contribution in [1.29, 1.82) is 0 Å². The number of rotatable bonds is 8. The highest BCUT2D eigenvalue weighted by molar-refractivity contribution is 6.09. The standard InChI is InChI=1S/C21H31N3O3/c1-6-8-13-23(16(4)7-2)18(25)14-24-19(26)21(5,22-20(24)27)17-11-9-15(3)10-12-17/h9-12,16H,6-8,13-14H2,1-5H3,(H,22,27)/t16-,21+/m0/s1. The van der Waals surface area contributed by atoms with Crippen molar-refractivity contribution in [2.45, 2.75) is 65.5 Å². The van der Waals surface area contributed by atoms with Crippen LogP contribution < -0.4 is 5.32 Å². The van der Waals surface area contributed by atoms with Gasteiger partial charge in [-0.1, -0.05) is 50.1 Å². The Hall–Kier alpha value is -2.37. The van der Waals surface area contributed by atoms with Gasteiger partial charge in [0, 0.05) is 12.6 Å². The number of nitrogens with zero attached hydrogens (tertiary/aromatic N) is 2. The van der Waals surface area contributed by atoms with E-state index in [9.17, 15) is 14.4 Å². The van der Waals surface area contributed by atoms with Gasteiger partial charge in [-0.25, -0.2) is 4.79 Å². The van der Waals surface area contributed by atoms with E-state index in [0.29, 0.717) is 12.1 Å². The van der Waals surface area contributed by atoms with Gasteiger partial charge in [0.2, 0.25) is 5.91 Å². The van der Waals surface area contributed by atoms with Gasteiger partial charge in [-0.05, 0) is 39.2 Å².